The van der Waals surface area contributed by atoms with E-state index in [2.05, 4.69) is 15.5 Å². The van der Waals surface area contributed by atoms with Crippen LogP contribution in [0.25, 0.3) is 0 Å². The highest BCUT2D eigenvalue weighted by atomic mass is 32.2. The van der Waals surface area contributed by atoms with Gasteiger partial charge in [-0.3, -0.25) is 14.4 Å². The lowest BCUT2D eigenvalue weighted by Gasteiger charge is -2.25. The van der Waals surface area contributed by atoms with Crippen molar-refractivity contribution in [2.45, 2.75) is 42.9 Å². The first kappa shape index (κ1) is 24.3. The first-order chi connectivity index (χ1) is 15.4. The Morgan fingerprint density at radius 3 is 2.72 bits per heavy atom. The number of rotatable bonds is 11. The van der Waals surface area contributed by atoms with E-state index in [-0.39, 0.29) is 17.1 Å². The quantitative estimate of drug-likeness (QED) is 0.350. The summed E-state index contributed by atoms with van der Waals surface area (Å²) in [6, 6.07) is 6.32. The number of hydrogen-bond acceptors (Lipinski definition) is 7. The predicted molar refractivity (Wildman–Crippen MR) is 127 cm³/mol. The van der Waals surface area contributed by atoms with Crippen LogP contribution in [0.5, 0.6) is 0 Å². The molecule has 1 unspecified atom stereocenters. The van der Waals surface area contributed by atoms with Gasteiger partial charge in [0.2, 0.25) is 11.8 Å². The summed E-state index contributed by atoms with van der Waals surface area (Å²) >= 11 is 1.35. The third-order valence-corrected chi connectivity index (χ3v) is 7.42. The van der Waals surface area contributed by atoms with E-state index in [1.54, 1.807) is 17.0 Å². The highest BCUT2D eigenvalue weighted by Gasteiger charge is 2.43. The van der Waals surface area contributed by atoms with Crippen molar-refractivity contribution in [3.63, 3.8) is 0 Å². The molecule has 0 saturated carbocycles. The lowest BCUT2D eigenvalue weighted by Crippen LogP contribution is -2.51. The molecule has 2 saturated heterocycles. The smallest absolute Gasteiger partial charge is 0.251 e. The topological polar surface area (TPSA) is 134 Å². The Labute approximate surface area is 193 Å². The van der Waals surface area contributed by atoms with Crippen molar-refractivity contribution in [2.75, 3.05) is 44.6 Å². The summed E-state index contributed by atoms with van der Waals surface area (Å²) in [5.74, 6) is -0.800. The maximum Gasteiger partial charge on any atom is 0.251 e. The summed E-state index contributed by atoms with van der Waals surface area (Å²) in [7, 11) is 0. The summed E-state index contributed by atoms with van der Waals surface area (Å²) in [6.45, 7) is 6.66. The minimum Gasteiger partial charge on any atom is -0.383 e. The van der Waals surface area contributed by atoms with Gasteiger partial charge in [-0.15, -0.1) is 11.8 Å². The van der Waals surface area contributed by atoms with Gasteiger partial charge < -0.3 is 31.9 Å². The minimum absolute atomic E-state index is 0.0707. The third kappa shape index (κ3) is 6.14. The molecule has 9 nitrogen and oxygen atoms in total. The first-order valence-corrected chi connectivity index (χ1v) is 12.2. The number of likely N-dealkylation sites (tertiary alicyclic amines) is 1. The van der Waals surface area contributed by atoms with E-state index < -0.39 is 17.3 Å². The zero-order valence-corrected chi connectivity index (χ0v) is 19.4. The number of nitrogens with one attached hydrogen (secondary N) is 2. The van der Waals surface area contributed by atoms with Crippen molar-refractivity contribution in [1.82, 2.24) is 15.1 Å². The Morgan fingerprint density at radius 1 is 1.28 bits per heavy atom. The molecule has 2 aliphatic heterocycles. The normalized spacial score (nSPS) is 22.2. The number of anilines is 1. The molecule has 0 spiro atoms. The average molecular weight is 463 g/mol. The van der Waals surface area contributed by atoms with Crippen molar-refractivity contribution >= 4 is 35.2 Å². The molecule has 0 radical (unpaired) electrons. The van der Waals surface area contributed by atoms with Crippen molar-refractivity contribution in [2.24, 2.45) is 11.5 Å². The summed E-state index contributed by atoms with van der Waals surface area (Å²) < 4.78 is 0. The Morgan fingerprint density at radius 2 is 2.03 bits per heavy atom. The van der Waals surface area contributed by atoms with Gasteiger partial charge >= 0.3 is 0 Å². The molecule has 6 N–H and O–H groups in total. The fourth-order valence-corrected chi connectivity index (χ4v) is 5.57. The Kier molecular flexibility index (Phi) is 8.77. The van der Waals surface area contributed by atoms with Crippen molar-refractivity contribution in [1.29, 1.82) is 0 Å². The number of thioether (sulfide) groups is 1. The molecule has 3 atom stereocenters. The van der Waals surface area contributed by atoms with Gasteiger partial charge in [-0.25, -0.2) is 0 Å². The molecule has 3 amide bonds. The van der Waals surface area contributed by atoms with Crippen molar-refractivity contribution < 1.29 is 14.4 Å². The average Bonchev–Trinajstić information content (AvgIpc) is 3.42. The van der Waals surface area contributed by atoms with E-state index in [1.807, 2.05) is 19.1 Å². The van der Waals surface area contributed by atoms with Crippen molar-refractivity contribution in [3.8, 4) is 0 Å². The molecule has 0 aliphatic carbocycles. The monoisotopic (exact) mass is 462 g/mol. The second-order valence-electron chi connectivity index (χ2n) is 8.19. The zero-order valence-electron chi connectivity index (χ0n) is 18.6. The fraction of sp³-hybridized carbons (Fsp3) is 0.591. The molecule has 0 aromatic heterocycles. The largest absolute Gasteiger partial charge is 0.383 e. The van der Waals surface area contributed by atoms with Gasteiger partial charge in [-0.05, 0) is 64.0 Å². The van der Waals surface area contributed by atoms with Crippen LogP contribution in [0.4, 0.5) is 5.69 Å². The SMILES string of the molecule is CCN1C(=O)[C@@H](CNc2cccc(C(=O)NCCCN3CCCC3)c2)SC1[C@H](N)C(N)=O. The Balaban J connectivity index is 1.49. The highest BCUT2D eigenvalue weighted by molar-refractivity contribution is 8.01. The standard InChI is InChI=1S/C22H34N6O3S/c1-2-28-21(31)17(32-22(28)18(23)19(24)29)14-26-16-8-5-7-15(13-16)20(30)25-9-6-12-27-10-3-4-11-27/h5,7-8,13,17-18,22,26H,2-4,6,9-12,14,23H2,1H3,(H2,24,29)(H,25,30)/t17-,18-,22?/m1/s1. The van der Waals surface area contributed by atoms with Gasteiger partial charge in [0.05, 0.1) is 0 Å². The molecule has 2 heterocycles. The zero-order chi connectivity index (χ0) is 23.1. The maximum atomic E-state index is 12.7. The molecule has 176 valence electrons. The number of carbonyl (C=O) groups is 3. The highest BCUT2D eigenvalue weighted by Crippen LogP contribution is 2.33. The maximum absolute atomic E-state index is 12.7. The van der Waals surface area contributed by atoms with Gasteiger partial charge in [0.15, 0.2) is 0 Å². The lowest BCUT2D eigenvalue weighted by molar-refractivity contribution is -0.130. The van der Waals surface area contributed by atoms with Crippen LogP contribution in [0.1, 0.15) is 36.5 Å². The second kappa shape index (κ2) is 11.5. The number of nitrogens with two attached hydrogens (primary N) is 2. The molecule has 32 heavy (non-hydrogen) atoms. The van der Waals surface area contributed by atoms with E-state index in [0.29, 0.717) is 25.2 Å². The van der Waals surface area contributed by atoms with E-state index in [1.165, 1.54) is 24.6 Å². The van der Waals surface area contributed by atoms with Gasteiger partial charge in [0.25, 0.3) is 5.91 Å². The lowest BCUT2D eigenvalue weighted by atomic mass is 10.2. The molecule has 0 bridgehead atoms. The summed E-state index contributed by atoms with van der Waals surface area (Å²) in [6.07, 6.45) is 3.48. The summed E-state index contributed by atoms with van der Waals surface area (Å²) in [4.78, 5) is 40.7. The molecular formula is C22H34N6O3S. The van der Waals surface area contributed by atoms with Crippen LogP contribution in [-0.4, -0.2) is 83.5 Å². The van der Waals surface area contributed by atoms with Crippen LogP contribution in [-0.2, 0) is 9.59 Å². The number of benzene rings is 1. The number of carbonyl (C=O) groups excluding carboxylic acids is 3. The van der Waals surface area contributed by atoms with E-state index in [0.717, 1.165) is 31.7 Å². The Hall–Kier alpha value is -2.30. The number of hydrogen-bond donors (Lipinski definition) is 4. The van der Waals surface area contributed by atoms with Crippen LogP contribution < -0.4 is 22.1 Å². The molecule has 2 fully saturated rings. The van der Waals surface area contributed by atoms with E-state index in [4.69, 9.17) is 11.5 Å². The van der Waals surface area contributed by atoms with Crippen LogP contribution in [0.2, 0.25) is 0 Å². The van der Waals surface area contributed by atoms with Gasteiger partial charge in [0.1, 0.15) is 16.7 Å². The summed E-state index contributed by atoms with van der Waals surface area (Å²) in [5, 5.41) is 5.37. The number of likely N-dealkylation sites (N-methyl/N-ethyl adjacent to an activating group) is 1. The number of nitrogens with zero attached hydrogens (tertiary/aromatic N) is 2. The van der Waals surface area contributed by atoms with Gasteiger partial charge in [0, 0.05) is 30.9 Å². The van der Waals surface area contributed by atoms with E-state index in [9.17, 15) is 14.4 Å². The Bertz CT molecular complexity index is 817. The second-order valence-corrected chi connectivity index (χ2v) is 9.51. The molecule has 3 rings (SSSR count). The molecule has 1 aromatic rings. The van der Waals surface area contributed by atoms with Crippen LogP contribution >= 0.6 is 11.8 Å². The molecule has 1 aromatic carbocycles. The van der Waals surface area contributed by atoms with Gasteiger partial charge in [-0.2, -0.15) is 0 Å². The number of primary amides is 1. The molecule has 2 aliphatic rings. The van der Waals surface area contributed by atoms with Crippen molar-refractivity contribution in [3.05, 3.63) is 29.8 Å². The van der Waals surface area contributed by atoms with Crippen LogP contribution in [0.15, 0.2) is 24.3 Å². The fourth-order valence-electron chi connectivity index (χ4n) is 4.09. The predicted octanol–water partition coefficient (Wildman–Crippen LogP) is 0.417. The number of amides is 3. The van der Waals surface area contributed by atoms with E-state index >= 15 is 0 Å². The van der Waals surface area contributed by atoms with Gasteiger partial charge in [-0.1, -0.05) is 6.07 Å². The minimum atomic E-state index is -0.911. The van der Waals surface area contributed by atoms with Crippen LogP contribution in [0.3, 0.4) is 0 Å². The molecular weight excluding hydrogens is 428 g/mol. The summed E-state index contributed by atoms with van der Waals surface area (Å²) in [5.41, 5.74) is 12.6. The van der Waals surface area contributed by atoms with Crippen LogP contribution in [0, 0.1) is 0 Å². The molecule has 10 heteroatoms. The first-order valence-electron chi connectivity index (χ1n) is 11.3. The third-order valence-electron chi connectivity index (χ3n) is 5.90.